The number of hydrogen-bond acceptors (Lipinski definition) is 6. The number of amides is 1. The molecule has 0 unspecified atom stereocenters. The Kier molecular flexibility index (Phi) is 3.84. The van der Waals surface area contributed by atoms with Crippen molar-refractivity contribution in [2.45, 2.75) is 36.7 Å². The van der Waals surface area contributed by atoms with Crippen LogP contribution in [-0.4, -0.2) is 55.6 Å². The summed E-state index contributed by atoms with van der Waals surface area (Å²) in [7, 11) is -3.47. The van der Waals surface area contributed by atoms with E-state index in [9.17, 15) is 13.2 Å². The summed E-state index contributed by atoms with van der Waals surface area (Å²) in [5.74, 6) is 0.223. The second kappa shape index (κ2) is 5.81. The quantitative estimate of drug-likeness (QED) is 0.887. The van der Waals surface area contributed by atoms with Crippen LogP contribution in [0.3, 0.4) is 0 Å². The average Bonchev–Trinajstić information content (AvgIpc) is 3.01. The van der Waals surface area contributed by atoms with Gasteiger partial charge >= 0.3 is 0 Å². The van der Waals surface area contributed by atoms with E-state index in [1.807, 2.05) is 0 Å². The summed E-state index contributed by atoms with van der Waals surface area (Å²) in [4.78, 5) is 19.4. The molecule has 3 fully saturated rings. The van der Waals surface area contributed by atoms with Gasteiger partial charge in [0.15, 0.2) is 15.4 Å². The second-order valence-electron chi connectivity index (χ2n) is 7.03. The zero-order valence-corrected chi connectivity index (χ0v) is 15.0. The highest BCUT2D eigenvalue weighted by atomic mass is 32.2. The summed E-state index contributed by atoms with van der Waals surface area (Å²) in [5.41, 5.74) is 0.771. The molecule has 8 heteroatoms. The van der Waals surface area contributed by atoms with E-state index in [1.165, 1.54) is 6.26 Å². The van der Waals surface area contributed by atoms with Gasteiger partial charge < -0.3 is 9.73 Å². The molecule has 1 amide bonds. The fourth-order valence-corrected chi connectivity index (χ4v) is 4.77. The lowest BCUT2D eigenvalue weighted by Gasteiger charge is -2.49. The molecule has 0 aliphatic carbocycles. The molecular formula is C17H21N3O4S. The molecule has 2 bridgehead atoms. The van der Waals surface area contributed by atoms with Crippen molar-refractivity contribution in [3.63, 3.8) is 0 Å². The number of hydrogen-bond donors (Lipinski definition) is 1. The summed E-state index contributed by atoms with van der Waals surface area (Å²) >= 11 is 0. The van der Waals surface area contributed by atoms with Gasteiger partial charge in [-0.25, -0.2) is 13.4 Å². The highest BCUT2D eigenvalue weighted by molar-refractivity contribution is 7.91. The summed E-state index contributed by atoms with van der Waals surface area (Å²) in [6, 6.07) is 3.57. The second-order valence-corrected chi connectivity index (χ2v) is 9.01. The molecule has 2 atom stereocenters. The van der Waals surface area contributed by atoms with Crippen molar-refractivity contribution in [3.8, 4) is 0 Å². The average molecular weight is 363 g/mol. The molecule has 3 aliphatic heterocycles. The van der Waals surface area contributed by atoms with E-state index in [0.717, 1.165) is 32.2 Å². The topological polar surface area (TPSA) is 92.5 Å². The predicted molar refractivity (Wildman–Crippen MR) is 92.1 cm³/mol. The molecule has 2 aromatic rings. The Bertz CT molecular complexity index is 927. The van der Waals surface area contributed by atoms with Gasteiger partial charge in [0, 0.05) is 18.3 Å². The normalized spacial score (nSPS) is 29.0. The fourth-order valence-electron chi connectivity index (χ4n) is 4.05. The van der Waals surface area contributed by atoms with Crippen LogP contribution in [0.15, 0.2) is 27.7 Å². The molecule has 25 heavy (non-hydrogen) atoms. The van der Waals surface area contributed by atoms with Crippen molar-refractivity contribution in [3.05, 3.63) is 24.1 Å². The van der Waals surface area contributed by atoms with E-state index in [0.29, 0.717) is 17.5 Å². The first-order valence-electron chi connectivity index (χ1n) is 8.48. The molecule has 134 valence electrons. The van der Waals surface area contributed by atoms with Crippen LogP contribution in [0.5, 0.6) is 0 Å². The minimum atomic E-state index is -3.47. The lowest BCUT2D eigenvalue weighted by atomic mass is 9.79. The van der Waals surface area contributed by atoms with Crippen molar-refractivity contribution in [1.82, 2.24) is 15.2 Å². The summed E-state index contributed by atoms with van der Waals surface area (Å²) in [6.07, 6.45) is 4.47. The minimum Gasteiger partial charge on any atom is -0.461 e. The van der Waals surface area contributed by atoms with Gasteiger partial charge in [0.2, 0.25) is 0 Å². The summed E-state index contributed by atoms with van der Waals surface area (Å²) in [6.45, 7) is 4.33. The van der Waals surface area contributed by atoms with Crippen LogP contribution in [0.2, 0.25) is 0 Å². The maximum Gasteiger partial charge on any atom is 0.270 e. The molecule has 5 heterocycles. The van der Waals surface area contributed by atoms with Crippen LogP contribution in [-0.2, 0) is 9.84 Å². The SMILES string of the molecule is C[C@H]1[C@H](NC(=O)c2ccc3occ(S(C)(=O)=O)c3n2)C2CCN1CC2. The zero-order valence-electron chi connectivity index (χ0n) is 14.2. The Balaban J connectivity index is 1.62. The standard InChI is InChI=1S/C17H21N3O4S/c1-10-15(11-5-7-20(10)8-6-11)19-17(21)12-3-4-13-16(18-12)14(9-24-13)25(2,22)23/h3-4,9-11,15H,5-8H2,1-2H3,(H,19,21)/t10-,15-/m0/s1. The van der Waals surface area contributed by atoms with Gasteiger partial charge in [-0.3, -0.25) is 9.69 Å². The Morgan fingerprint density at radius 2 is 2.04 bits per heavy atom. The minimum absolute atomic E-state index is 0.00773. The van der Waals surface area contributed by atoms with Crippen molar-refractivity contribution >= 4 is 26.8 Å². The number of nitrogens with zero attached hydrogens (tertiary/aromatic N) is 2. The lowest BCUT2D eigenvalue weighted by molar-refractivity contribution is 0.0216. The van der Waals surface area contributed by atoms with E-state index in [4.69, 9.17) is 4.42 Å². The van der Waals surface area contributed by atoms with Gasteiger partial charge in [0.25, 0.3) is 5.91 Å². The highest BCUT2D eigenvalue weighted by Crippen LogP contribution is 2.32. The largest absolute Gasteiger partial charge is 0.461 e. The van der Waals surface area contributed by atoms with Crippen LogP contribution in [0.1, 0.15) is 30.3 Å². The van der Waals surface area contributed by atoms with E-state index >= 15 is 0 Å². The van der Waals surface area contributed by atoms with Gasteiger partial charge in [0.05, 0.1) is 0 Å². The Hall–Kier alpha value is -1.93. The molecule has 3 aliphatic rings. The Labute approximate surface area is 146 Å². The smallest absolute Gasteiger partial charge is 0.270 e. The third kappa shape index (κ3) is 2.83. The van der Waals surface area contributed by atoms with E-state index in [-0.39, 0.29) is 28.1 Å². The molecule has 0 saturated carbocycles. The first-order valence-corrected chi connectivity index (χ1v) is 10.4. The summed E-state index contributed by atoms with van der Waals surface area (Å²) < 4.78 is 28.9. The molecule has 3 saturated heterocycles. The van der Waals surface area contributed by atoms with Gasteiger partial charge in [-0.05, 0) is 50.9 Å². The number of fused-ring (bicyclic) bond motifs is 4. The van der Waals surface area contributed by atoms with Gasteiger partial charge in [-0.2, -0.15) is 0 Å². The number of pyridine rings is 1. The Morgan fingerprint density at radius 1 is 1.32 bits per heavy atom. The highest BCUT2D eigenvalue weighted by Gasteiger charge is 2.40. The Morgan fingerprint density at radius 3 is 2.68 bits per heavy atom. The number of nitrogens with one attached hydrogen (secondary N) is 1. The number of sulfone groups is 1. The molecule has 2 aromatic heterocycles. The van der Waals surface area contributed by atoms with E-state index in [1.54, 1.807) is 12.1 Å². The molecule has 0 spiro atoms. The van der Waals surface area contributed by atoms with Crippen molar-refractivity contribution < 1.29 is 17.6 Å². The van der Waals surface area contributed by atoms with Crippen LogP contribution in [0, 0.1) is 5.92 Å². The number of furan rings is 1. The van der Waals surface area contributed by atoms with Crippen molar-refractivity contribution in [2.24, 2.45) is 5.92 Å². The van der Waals surface area contributed by atoms with Crippen LogP contribution < -0.4 is 5.32 Å². The van der Waals surface area contributed by atoms with Gasteiger partial charge in [0.1, 0.15) is 22.4 Å². The van der Waals surface area contributed by atoms with Crippen LogP contribution in [0.25, 0.3) is 11.1 Å². The third-order valence-electron chi connectivity index (χ3n) is 5.49. The maximum atomic E-state index is 12.7. The number of carbonyl (C=O) groups excluding carboxylic acids is 1. The maximum absolute atomic E-state index is 12.7. The van der Waals surface area contributed by atoms with E-state index < -0.39 is 9.84 Å². The molecule has 0 radical (unpaired) electrons. The van der Waals surface area contributed by atoms with Crippen molar-refractivity contribution in [1.29, 1.82) is 0 Å². The summed E-state index contributed by atoms with van der Waals surface area (Å²) in [5, 5.41) is 3.11. The molecule has 5 rings (SSSR count). The fraction of sp³-hybridized carbons (Fsp3) is 0.529. The molecule has 0 aromatic carbocycles. The predicted octanol–water partition coefficient (Wildman–Crippen LogP) is 1.44. The van der Waals surface area contributed by atoms with Gasteiger partial charge in [-0.15, -0.1) is 0 Å². The van der Waals surface area contributed by atoms with Crippen molar-refractivity contribution in [2.75, 3.05) is 19.3 Å². The number of carbonyl (C=O) groups is 1. The molecule has 1 N–H and O–H groups in total. The monoisotopic (exact) mass is 363 g/mol. The number of piperidine rings is 3. The number of aromatic nitrogens is 1. The molecule has 7 nitrogen and oxygen atoms in total. The first-order chi connectivity index (χ1) is 11.8. The number of rotatable bonds is 3. The third-order valence-corrected chi connectivity index (χ3v) is 6.58. The van der Waals surface area contributed by atoms with Gasteiger partial charge in [-0.1, -0.05) is 0 Å². The van der Waals surface area contributed by atoms with Crippen LogP contribution >= 0.6 is 0 Å². The molecular weight excluding hydrogens is 342 g/mol. The first kappa shape index (κ1) is 16.5. The van der Waals surface area contributed by atoms with E-state index in [2.05, 4.69) is 22.1 Å². The lowest BCUT2D eigenvalue weighted by Crippen LogP contribution is -2.62. The van der Waals surface area contributed by atoms with Crippen LogP contribution in [0.4, 0.5) is 0 Å². The zero-order chi connectivity index (χ0) is 17.8.